The fraction of sp³-hybridized carbons (Fsp3) is 0.321. The van der Waals surface area contributed by atoms with Crippen molar-refractivity contribution >= 4 is 11.8 Å². The van der Waals surface area contributed by atoms with E-state index >= 15 is 0 Å². The van der Waals surface area contributed by atoms with Gasteiger partial charge in [0.2, 0.25) is 5.43 Å². The lowest BCUT2D eigenvalue weighted by molar-refractivity contribution is 0.0934. The summed E-state index contributed by atoms with van der Waals surface area (Å²) < 4.78 is 1.89. The lowest BCUT2D eigenvalue weighted by atomic mass is 9.98. The average molecular weight is 458 g/mol. The van der Waals surface area contributed by atoms with Crippen molar-refractivity contribution in [3.05, 3.63) is 106 Å². The van der Waals surface area contributed by atoms with Crippen LogP contribution in [-0.4, -0.2) is 22.9 Å². The van der Waals surface area contributed by atoms with Crippen LogP contribution in [0.3, 0.4) is 0 Å². The highest BCUT2D eigenvalue weighted by Gasteiger charge is 2.25. The van der Waals surface area contributed by atoms with Crippen molar-refractivity contribution in [1.82, 2.24) is 15.2 Å². The van der Waals surface area contributed by atoms with E-state index in [1.54, 1.807) is 19.3 Å². The van der Waals surface area contributed by atoms with Gasteiger partial charge in [-0.1, -0.05) is 73.5 Å². The van der Waals surface area contributed by atoms with E-state index in [-0.39, 0.29) is 23.2 Å². The molecule has 0 bridgehead atoms. The molecule has 6 heteroatoms. The third kappa shape index (κ3) is 5.45. The maximum absolute atomic E-state index is 13.5. The Bertz CT molecular complexity index is 1180. The van der Waals surface area contributed by atoms with E-state index in [0.717, 1.165) is 36.8 Å². The zero-order valence-corrected chi connectivity index (χ0v) is 19.5. The third-order valence-corrected chi connectivity index (χ3v) is 6.41. The summed E-state index contributed by atoms with van der Waals surface area (Å²) in [5.74, 6) is -0.912. The predicted octanol–water partition coefficient (Wildman–Crippen LogP) is 4.43. The van der Waals surface area contributed by atoms with Crippen molar-refractivity contribution in [1.29, 1.82) is 0 Å². The number of nitrogens with one attached hydrogen (secondary N) is 2. The fourth-order valence-corrected chi connectivity index (χ4v) is 4.61. The van der Waals surface area contributed by atoms with Gasteiger partial charge in [0.15, 0.2) is 0 Å². The van der Waals surface area contributed by atoms with Crippen LogP contribution in [0, 0.1) is 0 Å². The molecule has 6 nitrogen and oxygen atoms in total. The lowest BCUT2D eigenvalue weighted by Crippen LogP contribution is -2.37. The summed E-state index contributed by atoms with van der Waals surface area (Å²) in [7, 11) is 0. The number of carbonyl (C=O) groups is 2. The molecule has 1 saturated carbocycles. The van der Waals surface area contributed by atoms with Gasteiger partial charge in [-0.3, -0.25) is 14.4 Å². The number of carbonyl (C=O) groups excluding carboxylic acids is 2. The number of pyridine rings is 1. The maximum atomic E-state index is 13.5. The summed E-state index contributed by atoms with van der Waals surface area (Å²) in [6.45, 7) is 2.21. The first-order valence-corrected chi connectivity index (χ1v) is 12.0. The normalized spacial score (nSPS) is 14.5. The number of amides is 2. The molecule has 1 aliphatic rings. The summed E-state index contributed by atoms with van der Waals surface area (Å²) in [4.78, 5) is 39.4. The molecule has 34 heavy (non-hydrogen) atoms. The number of aromatic nitrogens is 1. The molecule has 1 aliphatic carbocycles. The SMILES string of the molecule is CCNC(=O)c1cn(C2CCCC2)cc(C(=O)N[C@@H](Cc2ccccc2)c2ccccc2)c1=O. The molecule has 0 radical (unpaired) electrons. The molecule has 1 aromatic heterocycles. The van der Waals surface area contributed by atoms with E-state index in [9.17, 15) is 14.4 Å². The van der Waals surface area contributed by atoms with E-state index in [0.29, 0.717) is 13.0 Å². The van der Waals surface area contributed by atoms with Crippen molar-refractivity contribution in [2.24, 2.45) is 0 Å². The highest BCUT2D eigenvalue weighted by atomic mass is 16.2. The Morgan fingerprint density at radius 2 is 1.50 bits per heavy atom. The summed E-state index contributed by atoms with van der Waals surface area (Å²) in [5.41, 5.74) is 1.52. The third-order valence-electron chi connectivity index (χ3n) is 6.41. The standard InChI is InChI=1S/C28H31N3O3/c1-2-29-27(33)23-18-31(22-15-9-10-16-22)19-24(26(23)32)28(34)30-25(21-13-7-4-8-14-21)17-20-11-5-3-6-12-20/h3-8,11-14,18-19,22,25H,2,9-10,15-17H2,1H3,(H,29,33)(H,30,34)/t25-/m0/s1. The van der Waals surface area contributed by atoms with Crippen LogP contribution < -0.4 is 16.1 Å². The molecular weight excluding hydrogens is 426 g/mol. The van der Waals surface area contributed by atoms with Gasteiger partial charge in [-0.05, 0) is 37.3 Å². The van der Waals surface area contributed by atoms with E-state index in [1.807, 2.05) is 65.2 Å². The second kappa shape index (κ2) is 11.0. The Kier molecular flexibility index (Phi) is 7.58. The summed E-state index contributed by atoms with van der Waals surface area (Å²) in [6, 6.07) is 19.5. The number of hydrogen-bond donors (Lipinski definition) is 2. The molecule has 0 saturated heterocycles. The van der Waals surface area contributed by atoms with Gasteiger partial charge in [-0.15, -0.1) is 0 Å². The Balaban J connectivity index is 1.69. The van der Waals surface area contributed by atoms with E-state index in [2.05, 4.69) is 10.6 Å². The minimum absolute atomic E-state index is 0.00430. The minimum Gasteiger partial charge on any atom is -0.352 e. The summed E-state index contributed by atoms with van der Waals surface area (Å²) >= 11 is 0. The zero-order valence-electron chi connectivity index (χ0n) is 19.5. The van der Waals surface area contributed by atoms with E-state index in [1.165, 1.54) is 0 Å². The van der Waals surface area contributed by atoms with Crippen LogP contribution in [0.15, 0.2) is 77.9 Å². The molecule has 1 atom stereocenters. The van der Waals surface area contributed by atoms with Crippen molar-refractivity contribution in [2.45, 2.75) is 51.1 Å². The smallest absolute Gasteiger partial charge is 0.257 e. The first-order chi connectivity index (χ1) is 16.6. The lowest BCUT2D eigenvalue weighted by Gasteiger charge is -2.21. The van der Waals surface area contributed by atoms with Gasteiger partial charge in [-0.2, -0.15) is 0 Å². The Labute approximate surface area is 200 Å². The molecule has 1 heterocycles. The largest absolute Gasteiger partial charge is 0.352 e. The van der Waals surface area contributed by atoms with Crippen molar-refractivity contribution in [2.75, 3.05) is 6.54 Å². The maximum Gasteiger partial charge on any atom is 0.257 e. The summed E-state index contributed by atoms with van der Waals surface area (Å²) in [6.07, 6.45) is 7.96. The van der Waals surface area contributed by atoms with Crippen molar-refractivity contribution in [3.8, 4) is 0 Å². The second-order valence-corrected chi connectivity index (χ2v) is 8.79. The first kappa shape index (κ1) is 23.5. The van der Waals surface area contributed by atoms with Crippen LogP contribution in [0.4, 0.5) is 0 Å². The molecule has 4 rings (SSSR count). The topological polar surface area (TPSA) is 80.2 Å². The molecule has 0 aliphatic heterocycles. The molecule has 176 valence electrons. The summed E-state index contributed by atoms with van der Waals surface area (Å²) in [5, 5.41) is 5.77. The van der Waals surface area contributed by atoms with Gasteiger partial charge in [0.1, 0.15) is 11.1 Å². The number of hydrogen-bond acceptors (Lipinski definition) is 3. The monoisotopic (exact) mass is 457 g/mol. The van der Waals surface area contributed by atoms with E-state index < -0.39 is 17.2 Å². The average Bonchev–Trinajstić information content (AvgIpc) is 3.40. The van der Waals surface area contributed by atoms with Crippen molar-refractivity contribution in [3.63, 3.8) is 0 Å². The minimum atomic E-state index is -0.538. The Morgan fingerprint density at radius 3 is 2.12 bits per heavy atom. The predicted molar refractivity (Wildman–Crippen MR) is 133 cm³/mol. The van der Waals surface area contributed by atoms with Gasteiger partial charge in [-0.25, -0.2) is 0 Å². The van der Waals surface area contributed by atoms with Gasteiger partial charge in [0, 0.05) is 25.0 Å². The zero-order chi connectivity index (χ0) is 23.9. The van der Waals surface area contributed by atoms with Crippen LogP contribution in [0.1, 0.15) is 76.5 Å². The van der Waals surface area contributed by atoms with Gasteiger partial charge >= 0.3 is 0 Å². The van der Waals surface area contributed by atoms with Gasteiger partial charge < -0.3 is 15.2 Å². The molecule has 2 amide bonds. The van der Waals surface area contributed by atoms with Crippen LogP contribution in [0.25, 0.3) is 0 Å². The molecular formula is C28H31N3O3. The first-order valence-electron chi connectivity index (χ1n) is 12.0. The van der Waals surface area contributed by atoms with Crippen molar-refractivity contribution < 1.29 is 9.59 Å². The second-order valence-electron chi connectivity index (χ2n) is 8.79. The van der Waals surface area contributed by atoms with Crippen LogP contribution in [0.5, 0.6) is 0 Å². The van der Waals surface area contributed by atoms with Crippen LogP contribution in [-0.2, 0) is 6.42 Å². The van der Waals surface area contributed by atoms with Crippen LogP contribution in [0.2, 0.25) is 0 Å². The quantitative estimate of drug-likeness (QED) is 0.525. The molecule has 2 N–H and O–H groups in total. The molecule has 1 fully saturated rings. The molecule has 2 aromatic carbocycles. The number of nitrogens with zero attached hydrogens (tertiary/aromatic N) is 1. The Hall–Kier alpha value is -3.67. The number of benzene rings is 2. The van der Waals surface area contributed by atoms with E-state index in [4.69, 9.17) is 0 Å². The number of rotatable bonds is 8. The Morgan fingerprint density at radius 1 is 0.912 bits per heavy atom. The molecule has 0 spiro atoms. The van der Waals surface area contributed by atoms with Gasteiger partial charge in [0.25, 0.3) is 11.8 Å². The molecule has 3 aromatic rings. The highest BCUT2D eigenvalue weighted by molar-refractivity contribution is 5.99. The fourth-order valence-electron chi connectivity index (χ4n) is 4.61. The highest BCUT2D eigenvalue weighted by Crippen LogP contribution is 2.29. The molecule has 0 unspecified atom stereocenters. The van der Waals surface area contributed by atoms with Gasteiger partial charge in [0.05, 0.1) is 6.04 Å². The van der Waals surface area contributed by atoms with Crippen LogP contribution >= 0.6 is 0 Å².